The predicted molar refractivity (Wildman–Crippen MR) is 116 cm³/mol. The third kappa shape index (κ3) is 6.09. The standard InChI is InChI=1S/C18H18BrCl2N5OS/c1-26-18(23-24-25-26)28-7-6-22-10-13-8-14(19)3-5-17(13)27-11-12-2-4-15(20)9-16(12)21/h2-5,8-9,22H,6-7,10-11H2,1H3. The molecule has 0 radical (unpaired) electrons. The van der Waals surface area contributed by atoms with Crippen LogP contribution in [0.15, 0.2) is 46.0 Å². The second-order valence-electron chi connectivity index (χ2n) is 5.89. The van der Waals surface area contributed by atoms with Crippen molar-refractivity contribution in [1.29, 1.82) is 0 Å². The number of tetrazole rings is 1. The smallest absolute Gasteiger partial charge is 0.209 e. The van der Waals surface area contributed by atoms with Crippen molar-refractivity contribution in [1.82, 2.24) is 25.5 Å². The molecular formula is C18H18BrCl2N5OS. The normalized spacial score (nSPS) is 11.0. The zero-order valence-electron chi connectivity index (χ0n) is 15.0. The first-order valence-corrected chi connectivity index (χ1v) is 11.0. The van der Waals surface area contributed by atoms with Gasteiger partial charge in [0.05, 0.1) is 0 Å². The maximum Gasteiger partial charge on any atom is 0.209 e. The van der Waals surface area contributed by atoms with Crippen LogP contribution < -0.4 is 10.1 Å². The molecule has 0 amide bonds. The number of benzene rings is 2. The molecule has 3 aromatic rings. The van der Waals surface area contributed by atoms with Crippen molar-refractivity contribution in [2.24, 2.45) is 7.05 Å². The van der Waals surface area contributed by atoms with E-state index in [1.807, 2.05) is 31.3 Å². The third-order valence-corrected chi connectivity index (χ3v) is 5.92. The molecule has 6 nitrogen and oxygen atoms in total. The van der Waals surface area contributed by atoms with Gasteiger partial charge in [0.25, 0.3) is 0 Å². The van der Waals surface area contributed by atoms with Gasteiger partial charge in [-0.15, -0.1) is 5.10 Å². The quantitative estimate of drug-likeness (QED) is 0.336. The number of halogens is 3. The number of nitrogens with zero attached hydrogens (tertiary/aromatic N) is 4. The zero-order valence-corrected chi connectivity index (χ0v) is 18.9. The fraction of sp³-hybridized carbons (Fsp3) is 0.278. The summed E-state index contributed by atoms with van der Waals surface area (Å²) in [5.41, 5.74) is 1.95. The van der Waals surface area contributed by atoms with Gasteiger partial charge in [0.1, 0.15) is 12.4 Å². The summed E-state index contributed by atoms with van der Waals surface area (Å²) in [7, 11) is 1.83. The van der Waals surface area contributed by atoms with Crippen molar-refractivity contribution >= 4 is 50.9 Å². The topological polar surface area (TPSA) is 64.9 Å². The molecule has 148 valence electrons. The molecule has 28 heavy (non-hydrogen) atoms. The molecule has 0 atom stereocenters. The lowest BCUT2D eigenvalue weighted by Gasteiger charge is -2.14. The Balaban J connectivity index is 1.54. The number of rotatable bonds is 9. The van der Waals surface area contributed by atoms with E-state index in [4.69, 9.17) is 27.9 Å². The highest BCUT2D eigenvalue weighted by atomic mass is 79.9. The lowest BCUT2D eigenvalue weighted by molar-refractivity contribution is 0.302. The van der Waals surface area contributed by atoms with Crippen LogP contribution in [0.2, 0.25) is 10.0 Å². The van der Waals surface area contributed by atoms with Gasteiger partial charge in [-0.2, -0.15) is 0 Å². The summed E-state index contributed by atoms with van der Waals surface area (Å²) in [5.74, 6) is 1.67. The number of aryl methyl sites for hydroxylation is 1. The summed E-state index contributed by atoms with van der Waals surface area (Å²) in [6, 6.07) is 11.4. The van der Waals surface area contributed by atoms with Crippen molar-refractivity contribution in [2.75, 3.05) is 12.3 Å². The third-order valence-electron chi connectivity index (χ3n) is 3.83. The average molecular weight is 503 g/mol. The van der Waals surface area contributed by atoms with Crippen molar-refractivity contribution < 1.29 is 4.74 Å². The van der Waals surface area contributed by atoms with Crippen molar-refractivity contribution in [2.45, 2.75) is 18.3 Å². The number of aromatic nitrogens is 4. The average Bonchev–Trinajstić information content (AvgIpc) is 3.07. The Bertz CT molecular complexity index is 940. The highest BCUT2D eigenvalue weighted by Gasteiger charge is 2.08. The molecule has 1 aromatic heterocycles. The maximum absolute atomic E-state index is 6.23. The van der Waals surface area contributed by atoms with Gasteiger partial charge < -0.3 is 10.1 Å². The molecule has 1 N–H and O–H groups in total. The van der Waals surface area contributed by atoms with Gasteiger partial charge in [-0.25, -0.2) is 4.68 Å². The number of hydrogen-bond donors (Lipinski definition) is 1. The summed E-state index contributed by atoms with van der Waals surface area (Å²) >= 11 is 17.3. The summed E-state index contributed by atoms with van der Waals surface area (Å²) in [6.45, 7) is 1.87. The summed E-state index contributed by atoms with van der Waals surface area (Å²) in [4.78, 5) is 0. The Morgan fingerprint density at radius 2 is 2.04 bits per heavy atom. The first-order valence-electron chi connectivity index (χ1n) is 8.44. The molecule has 0 saturated carbocycles. The van der Waals surface area contributed by atoms with E-state index in [0.717, 1.165) is 38.8 Å². The first-order chi connectivity index (χ1) is 13.5. The number of thioether (sulfide) groups is 1. The highest BCUT2D eigenvalue weighted by Crippen LogP contribution is 2.26. The molecule has 0 aliphatic rings. The van der Waals surface area contributed by atoms with Crippen LogP contribution in [0.1, 0.15) is 11.1 Å². The van der Waals surface area contributed by atoms with E-state index in [2.05, 4.69) is 36.8 Å². The second kappa shape index (κ2) is 10.5. The summed E-state index contributed by atoms with van der Waals surface area (Å²) in [5, 5.41) is 16.8. The Morgan fingerprint density at radius 3 is 2.79 bits per heavy atom. The first kappa shape index (κ1) is 21.4. The molecule has 0 fully saturated rings. The lowest BCUT2D eigenvalue weighted by atomic mass is 10.2. The molecule has 2 aromatic carbocycles. The minimum absolute atomic E-state index is 0.375. The van der Waals surface area contributed by atoms with E-state index in [-0.39, 0.29) is 0 Å². The van der Waals surface area contributed by atoms with Crippen LogP contribution in [0.25, 0.3) is 0 Å². The minimum atomic E-state index is 0.375. The molecular weight excluding hydrogens is 485 g/mol. The van der Waals surface area contributed by atoms with Crippen molar-refractivity contribution in [3.05, 3.63) is 62.0 Å². The largest absolute Gasteiger partial charge is 0.489 e. The van der Waals surface area contributed by atoms with Gasteiger partial charge in [0.15, 0.2) is 0 Å². The number of hydrogen-bond acceptors (Lipinski definition) is 6. The van der Waals surface area contributed by atoms with E-state index >= 15 is 0 Å². The monoisotopic (exact) mass is 501 g/mol. The van der Waals surface area contributed by atoms with Gasteiger partial charge in [0.2, 0.25) is 5.16 Å². The van der Waals surface area contributed by atoms with E-state index in [1.54, 1.807) is 28.6 Å². The molecule has 0 aliphatic heterocycles. The van der Waals surface area contributed by atoms with Crippen LogP contribution in [0.5, 0.6) is 5.75 Å². The van der Waals surface area contributed by atoms with Crippen LogP contribution in [0, 0.1) is 0 Å². The van der Waals surface area contributed by atoms with Gasteiger partial charge in [-0.3, -0.25) is 0 Å². The Kier molecular flexibility index (Phi) is 7.99. The van der Waals surface area contributed by atoms with Crippen molar-refractivity contribution in [3.63, 3.8) is 0 Å². The molecule has 0 saturated heterocycles. The van der Waals surface area contributed by atoms with Gasteiger partial charge in [-0.1, -0.05) is 57.0 Å². The lowest BCUT2D eigenvalue weighted by Crippen LogP contribution is -2.17. The second-order valence-corrected chi connectivity index (χ2v) is 8.71. The van der Waals surface area contributed by atoms with Gasteiger partial charge >= 0.3 is 0 Å². The summed E-state index contributed by atoms with van der Waals surface area (Å²) in [6.07, 6.45) is 0. The summed E-state index contributed by atoms with van der Waals surface area (Å²) < 4.78 is 8.67. The Labute approximate surface area is 186 Å². The van der Waals surface area contributed by atoms with Crippen LogP contribution in [-0.2, 0) is 20.2 Å². The molecule has 0 spiro atoms. The molecule has 0 bridgehead atoms. The van der Waals surface area contributed by atoms with Gasteiger partial charge in [0, 0.05) is 51.5 Å². The van der Waals surface area contributed by atoms with Crippen LogP contribution in [0.4, 0.5) is 0 Å². The SMILES string of the molecule is Cn1nnnc1SCCNCc1cc(Br)ccc1OCc1ccc(Cl)cc1Cl. The van der Waals surface area contributed by atoms with E-state index < -0.39 is 0 Å². The number of ether oxygens (including phenoxy) is 1. The fourth-order valence-corrected chi connectivity index (χ4v) is 4.02. The van der Waals surface area contributed by atoms with Crippen molar-refractivity contribution in [3.8, 4) is 5.75 Å². The Morgan fingerprint density at radius 1 is 1.18 bits per heavy atom. The molecule has 0 aliphatic carbocycles. The molecule has 3 rings (SSSR count). The zero-order chi connectivity index (χ0) is 19.9. The predicted octanol–water partition coefficient (Wildman–Crippen LogP) is 4.74. The van der Waals surface area contributed by atoms with Crippen LogP contribution in [-0.4, -0.2) is 32.5 Å². The molecule has 1 heterocycles. The van der Waals surface area contributed by atoms with E-state index in [0.29, 0.717) is 23.2 Å². The van der Waals surface area contributed by atoms with Gasteiger partial charge in [-0.05, 0) is 40.8 Å². The van der Waals surface area contributed by atoms with E-state index in [9.17, 15) is 0 Å². The highest BCUT2D eigenvalue weighted by molar-refractivity contribution is 9.10. The van der Waals surface area contributed by atoms with E-state index in [1.165, 1.54) is 0 Å². The molecule has 10 heteroatoms. The fourth-order valence-electron chi connectivity index (χ4n) is 2.40. The molecule has 0 unspecified atom stereocenters. The number of nitrogens with one attached hydrogen (secondary N) is 1. The van der Waals surface area contributed by atoms with Crippen LogP contribution in [0.3, 0.4) is 0 Å². The Hall–Kier alpha value is -1.32. The van der Waals surface area contributed by atoms with Crippen LogP contribution >= 0.6 is 50.9 Å². The maximum atomic E-state index is 6.23. The minimum Gasteiger partial charge on any atom is -0.489 e.